The van der Waals surface area contributed by atoms with Gasteiger partial charge >= 0.3 is 0 Å². The van der Waals surface area contributed by atoms with E-state index in [0.29, 0.717) is 6.04 Å². The Kier molecular flexibility index (Phi) is 4.42. The van der Waals surface area contributed by atoms with Gasteiger partial charge in [0, 0.05) is 12.6 Å². The Bertz CT molecular complexity index is 427. The zero-order chi connectivity index (χ0) is 13.8. The fourth-order valence-electron chi connectivity index (χ4n) is 4.16. The smallest absolute Gasteiger partial charge is 0.0681 e. The van der Waals surface area contributed by atoms with Gasteiger partial charge in [0.2, 0.25) is 0 Å². The van der Waals surface area contributed by atoms with Gasteiger partial charge in [0.15, 0.2) is 0 Å². The van der Waals surface area contributed by atoms with Gasteiger partial charge in [-0.3, -0.25) is 0 Å². The van der Waals surface area contributed by atoms with Crippen LogP contribution in [-0.4, -0.2) is 11.1 Å². The molecular weight excluding hydrogens is 246 g/mol. The van der Waals surface area contributed by atoms with Crippen LogP contribution in [0.3, 0.4) is 0 Å². The van der Waals surface area contributed by atoms with Crippen LogP contribution in [0.1, 0.15) is 62.5 Å². The zero-order valence-electron chi connectivity index (χ0n) is 12.4. The molecule has 0 heterocycles. The molecule has 20 heavy (non-hydrogen) atoms. The predicted molar refractivity (Wildman–Crippen MR) is 82.4 cm³/mol. The number of rotatable bonds is 4. The molecule has 0 saturated heterocycles. The Morgan fingerprint density at radius 1 is 1.05 bits per heavy atom. The SMILES string of the molecule is OCc1cccc(CNC2CCC3(CCCC3)CC2)c1. The second-order valence-electron chi connectivity index (χ2n) is 6.84. The fraction of sp³-hybridized carbons (Fsp3) is 0.667. The number of aliphatic hydroxyl groups is 1. The molecule has 1 spiro atoms. The molecule has 0 radical (unpaired) electrons. The van der Waals surface area contributed by atoms with E-state index in [1.54, 1.807) is 0 Å². The van der Waals surface area contributed by atoms with Crippen molar-refractivity contribution >= 4 is 0 Å². The van der Waals surface area contributed by atoms with Crippen molar-refractivity contribution < 1.29 is 5.11 Å². The maximum absolute atomic E-state index is 9.18. The van der Waals surface area contributed by atoms with E-state index in [4.69, 9.17) is 0 Å². The predicted octanol–water partition coefficient (Wildman–Crippen LogP) is 3.77. The van der Waals surface area contributed by atoms with Crippen molar-refractivity contribution in [3.63, 3.8) is 0 Å². The average molecular weight is 273 g/mol. The molecule has 0 unspecified atom stereocenters. The van der Waals surface area contributed by atoms with E-state index in [1.807, 2.05) is 12.1 Å². The molecule has 2 aliphatic rings. The third-order valence-electron chi connectivity index (χ3n) is 5.48. The van der Waals surface area contributed by atoms with Gasteiger partial charge < -0.3 is 10.4 Å². The lowest BCUT2D eigenvalue weighted by molar-refractivity contribution is 0.168. The summed E-state index contributed by atoms with van der Waals surface area (Å²) in [5, 5.41) is 12.9. The van der Waals surface area contributed by atoms with E-state index in [2.05, 4.69) is 17.4 Å². The lowest BCUT2D eigenvalue weighted by atomic mass is 9.71. The van der Waals surface area contributed by atoms with E-state index in [0.717, 1.165) is 17.5 Å². The molecule has 2 aliphatic carbocycles. The second kappa shape index (κ2) is 6.28. The zero-order valence-corrected chi connectivity index (χ0v) is 12.4. The van der Waals surface area contributed by atoms with E-state index in [-0.39, 0.29) is 6.61 Å². The summed E-state index contributed by atoms with van der Waals surface area (Å²) in [6.07, 6.45) is 11.5. The van der Waals surface area contributed by atoms with E-state index in [1.165, 1.54) is 56.9 Å². The lowest BCUT2D eigenvalue weighted by Crippen LogP contribution is -2.36. The molecular formula is C18H27NO. The summed E-state index contributed by atoms with van der Waals surface area (Å²) < 4.78 is 0. The minimum Gasteiger partial charge on any atom is -0.392 e. The van der Waals surface area contributed by atoms with E-state index in [9.17, 15) is 5.11 Å². The number of hydrogen-bond acceptors (Lipinski definition) is 2. The summed E-state index contributed by atoms with van der Waals surface area (Å²) in [4.78, 5) is 0. The van der Waals surface area contributed by atoms with Crippen molar-refractivity contribution in [2.75, 3.05) is 0 Å². The van der Waals surface area contributed by atoms with Gasteiger partial charge in [-0.2, -0.15) is 0 Å². The Morgan fingerprint density at radius 2 is 1.75 bits per heavy atom. The fourth-order valence-corrected chi connectivity index (χ4v) is 4.16. The van der Waals surface area contributed by atoms with Crippen LogP contribution in [0.2, 0.25) is 0 Å². The first-order valence-corrected chi connectivity index (χ1v) is 8.22. The van der Waals surface area contributed by atoms with Gasteiger partial charge in [0.25, 0.3) is 0 Å². The van der Waals surface area contributed by atoms with Crippen LogP contribution in [0, 0.1) is 5.41 Å². The van der Waals surface area contributed by atoms with E-state index < -0.39 is 0 Å². The minimum absolute atomic E-state index is 0.139. The van der Waals surface area contributed by atoms with Gasteiger partial charge in [-0.1, -0.05) is 37.1 Å². The maximum Gasteiger partial charge on any atom is 0.0681 e. The molecule has 0 aromatic heterocycles. The summed E-state index contributed by atoms with van der Waals surface area (Å²) >= 11 is 0. The average Bonchev–Trinajstić information content (AvgIpc) is 2.95. The maximum atomic E-state index is 9.18. The first-order valence-electron chi connectivity index (χ1n) is 8.22. The van der Waals surface area contributed by atoms with Gasteiger partial charge in [-0.15, -0.1) is 0 Å². The molecule has 0 amide bonds. The standard InChI is InChI=1S/C18H27NO/c20-14-16-5-3-4-15(12-16)13-19-17-6-10-18(11-7-17)8-1-2-9-18/h3-5,12,17,19-20H,1-2,6-11,13-14H2. The van der Waals surface area contributed by atoms with Gasteiger partial charge in [0.1, 0.15) is 0 Å². The van der Waals surface area contributed by atoms with Crippen molar-refractivity contribution in [3.8, 4) is 0 Å². The molecule has 1 aromatic carbocycles. The van der Waals surface area contributed by atoms with Crippen LogP contribution in [0.5, 0.6) is 0 Å². The summed E-state index contributed by atoms with van der Waals surface area (Å²) in [6, 6.07) is 8.96. The topological polar surface area (TPSA) is 32.3 Å². The van der Waals surface area contributed by atoms with Gasteiger partial charge in [-0.25, -0.2) is 0 Å². The molecule has 2 saturated carbocycles. The van der Waals surface area contributed by atoms with Crippen molar-refractivity contribution in [2.24, 2.45) is 5.41 Å². The van der Waals surface area contributed by atoms with Crippen LogP contribution >= 0.6 is 0 Å². The second-order valence-corrected chi connectivity index (χ2v) is 6.84. The van der Waals surface area contributed by atoms with Crippen LogP contribution in [0.4, 0.5) is 0 Å². The Balaban J connectivity index is 1.47. The highest BCUT2D eigenvalue weighted by Gasteiger charge is 2.37. The summed E-state index contributed by atoms with van der Waals surface area (Å²) in [7, 11) is 0. The normalized spacial score (nSPS) is 22.4. The number of nitrogens with one attached hydrogen (secondary N) is 1. The first kappa shape index (κ1) is 14.1. The highest BCUT2D eigenvalue weighted by molar-refractivity contribution is 5.22. The minimum atomic E-state index is 0.139. The Morgan fingerprint density at radius 3 is 2.45 bits per heavy atom. The summed E-state index contributed by atoms with van der Waals surface area (Å²) in [6.45, 7) is 1.07. The van der Waals surface area contributed by atoms with Crippen LogP contribution in [-0.2, 0) is 13.2 Å². The molecule has 3 rings (SSSR count). The molecule has 0 atom stereocenters. The molecule has 0 bridgehead atoms. The highest BCUT2D eigenvalue weighted by Crippen LogP contribution is 2.48. The van der Waals surface area contributed by atoms with Crippen molar-refractivity contribution in [2.45, 2.75) is 70.6 Å². The lowest BCUT2D eigenvalue weighted by Gasteiger charge is -2.37. The molecule has 2 nitrogen and oxygen atoms in total. The number of benzene rings is 1. The summed E-state index contributed by atoms with van der Waals surface area (Å²) in [5.41, 5.74) is 3.03. The Hall–Kier alpha value is -0.860. The molecule has 1 aromatic rings. The largest absolute Gasteiger partial charge is 0.392 e. The third kappa shape index (κ3) is 3.24. The van der Waals surface area contributed by atoms with Crippen molar-refractivity contribution in [1.82, 2.24) is 5.32 Å². The molecule has 0 aliphatic heterocycles. The van der Waals surface area contributed by atoms with Crippen LogP contribution in [0.15, 0.2) is 24.3 Å². The Labute approximate surface area is 122 Å². The molecule has 2 heteroatoms. The number of hydrogen-bond donors (Lipinski definition) is 2. The quantitative estimate of drug-likeness (QED) is 0.875. The first-order chi connectivity index (χ1) is 9.80. The third-order valence-corrected chi connectivity index (χ3v) is 5.48. The molecule has 2 N–H and O–H groups in total. The van der Waals surface area contributed by atoms with Crippen molar-refractivity contribution in [1.29, 1.82) is 0 Å². The van der Waals surface area contributed by atoms with Gasteiger partial charge in [0.05, 0.1) is 6.61 Å². The van der Waals surface area contributed by atoms with Gasteiger partial charge in [-0.05, 0) is 55.1 Å². The summed E-state index contributed by atoms with van der Waals surface area (Å²) in [5.74, 6) is 0. The van der Waals surface area contributed by atoms with E-state index >= 15 is 0 Å². The van der Waals surface area contributed by atoms with Crippen molar-refractivity contribution in [3.05, 3.63) is 35.4 Å². The van der Waals surface area contributed by atoms with Crippen LogP contribution < -0.4 is 5.32 Å². The monoisotopic (exact) mass is 273 g/mol. The number of aliphatic hydroxyl groups excluding tert-OH is 1. The highest BCUT2D eigenvalue weighted by atomic mass is 16.3. The van der Waals surface area contributed by atoms with Crippen LogP contribution in [0.25, 0.3) is 0 Å². The molecule has 110 valence electrons. The molecule has 2 fully saturated rings.